The van der Waals surface area contributed by atoms with Crippen molar-refractivity contribution in [1.82, 2.24) is 0 Å². The highest BCUT2D eigenvalue weighted by atomic mass is 19.2. The molecule has 4 nitrogen and oxygen atoms in total. The number of aliphatic imine (C=N–C) groups is 1. The second kappa shape index (κ2) is 8.64. The zero-order chi connectivity index (χ0) is 21.0. The predicted octanol–water partition coefficient (Wildman–Crippen LogP) is 4.93. The number of carbonyl (C=O) groups is 1. The highest BCUT2D eigenvalue weighted by Crippen LogP contribution is 2.25. The summed E-state index contributed by atoms with van der Waals surface area (Å²) >= 11 is 0. The minimum atomic E-state index is -1.50. The summed E-state index contributed by atoms with van der Waals surface area (Å²) < 4.78 is 72.5. The first kappa shape index (κ1) is 21.1. The molecule has 0 aliphatic heterocycles. The summed E-state index contributed by atoms with van der Waals surface area (Å²) in [5.41, 5.74) is -2.27. The van der Waals surface area contributed by atoms with Crippen LogP contribution in [0.3, 0.4) is 0 Å². The van der Waals surface area contributed by atoms with Crippen LogP contribution < -0.4 is 0 Å². The monoisotopic (exact) mass is 399 g/mol. The van der Waals surface area contributed by atoms with Gasteiger partial charge in [0.25, 0.3) is 0 Å². The lowest BCUT2D eigenvalue weighted by Crippen LogP contribution is -2.12. The van der Waals surface area contributed by atoms with Gasteiger partial charge in [-0.3, -0.25) is 4.99 Å². The lowest BCUT2D eigenvalue weighted by molar-refractivity contribution is -0.137. The second-order valence-electron chi connectivity index (χ2n) is 5.49. The van der Waals surface area contributed by atoms with E-state index in [1.807, 2.05) is 0 Å². The Hall–Kier alpha value is -3.23. The average Bonchev–Trinajstić information content (AvgIpc) is 2.64. The smallest absolute Gasteiger partial charge is 0.343 e. The molecule has 0 aromatic heterocycles. The van der Waals surface area contributed by atoms with Crippen molar-refractivity contribution in [3.63, 3.8) is 0 Å². The zero-order valence-corrected chi connectivity index (χ0v) is 14.7. The van der Waals surface area contributed by atoms with Crippen LogP contribution in [0, 0.1) is 36.0 Å². The van der Waals surface area contributed by atoms with Crippen molar-refractivity contribution in [3.05, 3.63) is 70.1 Å². The van der Waals surface area contributed by atoms with Crippen LogP contribution in [-0.2, 0) is 9.53 Å². The van der Waals surface area contributed by atoms with Crippen molar-refractivity contribution in [3.8, 4) is 0 Å². The van der Waals surface area contributed by atoms with Gasteiger partial charge in [-0.15, -0.1) is 0 Å². The molecule has 2 rings (SSSR count). The topological polar surface area (TPSA) is 58.9 Å². The molecule has 0 heterocycles. The van der Waals surface area contributed by atoms with E-state index < -0.39 is 52.0 Å². The van der Waals surface area contributed by atoms with Crippen molar-refractivity contribution in [2.75, 3.05) is 6.61 Å². The summed E-state index contributed by atoms with van der Waals surface area (Å²) in [7, 11) is 0. The number of hydrogen-bond donors (Lipinski definition) is 1. The van der Waals surface area contributed by atoms with Crippen LogP contribution >= 0.6 is 0 Å². The van der Waals surface area contributed by atoms with Crippen molar-refractivity contribution >= 4 is 23.6 Å². The summed E-state index contributed by atoms with van der Waals surface area (Å²) in [6, 6.07) is 2.44. The zero-order valence-electron chi connectivity index (χ0n) is 14.7. The molecule has 0 atom stereocenters. The van der Waals surface area contributed by atoms with E-state index in [0.717, 1.165) is 12.1 Å². The number of benzene rings is 2. The Balaban J connectivity index is 2.60. The lowest BCUT2D eigenvalue weighted by atomic mass is 10.1. The number of hydrogen-bond acceptors (Lipinski definition) is 4. The second-order valence-corrected chi connectivity index (χ2v) is 5.49. The third kappa shape index (κ3) is 4.36. The average molecular weight is 399 g/mol. The molecule has 28 heavy (non-hydrogen) atoms. The Kier molecular flexibility index (Phi) is 6.50. The van der Waals surface area contributed by atoms with Gasteiger partial charge in [0.2, 0.25) is 0 Å². The molecule has 0 radical (unpaired) electrons. The molecule has 148 valence electrons. The number of esters is 1. The van der Waals surface area contributed by atoms with E-state index in [2.05, 4.69) is 4.99 Å². The normalized spacial score (nSPS) is 12.2. The number of aliphatic hydroxyl groups is 1. The Bertz CT molecular complexity index is 986. The first-order valence-electron chi connectivity index (χ1n) is 7.91. The van der Waals surface area contributed by atoms with Crippen LogP contribution in [-0.4, -0.2) is 23.9 Å². The molecule has 0 aliphatic rings. The molecular formula is C19H14F5NO3. The summed E-state index contributed by atoms with van der Waals surface area (Å²) in [4.78, 5) is 15.7. The van der Waals surface area contributed by atoms with Crippen molar-refractivity contribution in [1.29, 1.82) is 0 Å². The summed E-state index contributed by atoms with van der Waals surface area (Å²) in [6.45, 7) is 2.48. The molecule has 0 unspecified atom stereocenters. The van der Waals surface area contributed by atoms with Gasteiger partial charge in [0.05, 0.1) is 17.9 Å². The highest BCUT2D eigenvalue weighted by molar-refractivity contribution is 6.15. The molecule has 0 spiro atoms. The van der Waals surface area contributed by atoms with E-state index in [1.165, 1.54) is 13.8 Å². The molecule has 0 aliphatic carbocycles. The quantitative estimate of drug-likeness (QED) is 0.194. The van der Waals surface area contributed by atoms with Crippen molar-refractivity contribution in [2.24, 2.45) is 4.99 Å². The fourth-order valence-electron chi connectivity index (χ4n) is 2.15. The molecule has 0 bridgehead atoms. The summed E-state index contributed by atoms with van der Waals surface area (Å²) in [5, 5.41) is 10.2. The SMILES string of the molecule is CCOC(=O)/C(C=Nc1ccc(F)c(C)c1F)=C(/O)c1cc(F)c(F)cc1F. The van der Waals surface area contributed by atoms with Gasteiger partial charge < -0.3 is 9.84 Å². The van der Waals surface area contributed by atoms with Gasteiger partial charge in [0, 0.05) is 17.8 Å². The lowest BCUT2D eigenvalue weighted by Gasteiger charge is -2.09. The fourth-order valence-corrected chi connectivity index (χ4v) is 2.15. The van der Waals surface area contributed by atoms with E-state index in [4.69, 9.17) is 4.74 Å². The molecule has 1 N–H and O–H groups in total. The van der Waals surface area contributed by atoms with Crippen LogP contribution in [0.5, 0.6) is 0 Å². The first-order valence-corrected chi connectivity index (χ1v) is 7.91. The van der Waals surface area contributed by atoms with Crippen LogP contribution in [0.15, 0.2) is 34.8 Å². The molecular weight excluding hydrogens is 385 g/mol. The van der Waals surface area contributed by atoms with Crippen molar-refractivity contribution in [2.45, 2.75) is 13.8 Å². The van der Waals surface area contributed by atoms with Gasteiger partial charge in [0.1, 0.15) is 23.0 Å². The van der Waals surface area contributed by atoms with E-state index >= 15 is 0 Å². The molecule has 9 heteroatoms. The van der Waals surface area contributed by atoms with Gasteiger partial charge in [-0.1, -0.05) is 0 Å². The molecule has 2 aromatic rings. The minimum Gasteiger partial charge on any atom is -0.506 e. The van der Waals surface area contributed by atoms with E-state index in [9.17, 15) is 31.9 Å². The maximum Gasteiger partial charge on any atom is 0.343 e. The van der Waals surface area contributed by atoms with Crippen LogP contribution in [0.2, 0.25) is 0 Å². The number of aliphatic hydroxyl groups excluding tert-OH is 1. The largest absolute Gasteiger partial charge is 0.506 e. The number of ether oxygens (including phenoxy) is 1. The van der Waals surface area contributed by atoms with Gasteiger partial charge in [-0.2, -0.15) is 0 Å². The molecule has 0 amide bonds. The first-order chi connectivity index (χ1) is 13.2. The Morgan fingerprint density at radius 3 is 2.36 bits per heavy atom. The van der Waals surface area contributed by atoms with E-state index in [0.29, 0.717) is 12.3 Å². The third-order valence-electron chi connectivity index (χ3n) is 3.65. The maximum absolute atomic E-state index is 14.0. The molecule has 0 saturated heterocycles. The van der Waals surface area contributed by atoms with Gasteiger partial charge in [0.15, 0.2) is 17.5 Å². The Morgan fingerprint density at radius 1 is 1.07 bits per heavy atom. The van der Waals surface area contributed by atoms with Crippen LogP contribution in [0.1, 0.15) is 18.1 Å². The van der Waals surface area contributed by atoms with Gasteiger partial charge in [-0.25, -0.2) is 26.7 Å². The van der Waals surface area contributed by atoms with E-state index in [-0.39, 0.29) is 23.9 Å². The maximum atomic E-state index is 14.0. The summed E-state index contributed by atoms with van der Waals surface area (Å²) in [5.74, 6) is -8.42. The predicted molar refractivity (Wildman–Crippen MR) is 91.7 cm³/mol. The Labute approximate surface area is 156 Å². The molecule has 0 saturated carbocycles. The third-order valence-corrected chi connectivity index (χ3v) is 3.65. The highest BCUT2D eigenvalue weighted by Gasteiger charge is 2.21. The van der Waals surface area contributed by atoms with Crippen LogP contribution in [0.25, 0.3) is 5.76 Å². The molecule has 0 fully saturated rings. The Morgan fingerprint density at radius 2 is 1.71 bits per heavy atom. The number of halogens is 5. The van der Waals surface area contributed by atoms with Crippen molar-refractivity contribution < 1.29 is 36.6 Å². The number of carbonyl (C=O) groups excluding carboxylic acids is 1. The van der Waals surface area contributed by atoms with Gasteiger partial charge in [-0.05, 0) is 32.0 Å². The number of nitrogens with zero attached hydrogens (tertiary/aromatic N) is 1. The fraction of sp³-hybridized carbons (Fsp3) is 0.158. The summed E-state index contributed by atoms with van der Waals surface area (Å²) in [6.07, 6.45) is 0.657. The van der Waals surface area contributed by atoms with Crippen LogP contribution in [0.4, 0.5) is 27.6 Å². The van der Waals surface area contributed by atoms with Gasteiger partial charge >= 0.3 is 5.97 Å². The minimum absolute atomic E-state index is 0.131. The number of rotatable bonds is 5. The molecule has 2 aromatic carbocycles. The van der Waals surface area contributed by atoms with E-state index in [1.54, 1.807) is 0 Å². The standard InChI is InChI=1S/C19H14F5NO3/c1-3-28-19(27)11(8-25-16-5-4-12(20)9(2)17(16)24)18(26)10-6-14(22)15(23)7-13(10)21/h4-8,26H,3H2,1-2H3/b18-11+,25-8?.